The number of amides is 3. The van der Waals surface area contributed by atoms with Crippen molar-refractivity contribution in [3.05, 3.63) is 57.8 Å². The van der Waals surface area contributed by atoms with Crippen LogP contribution < -0.4 is 21.5 Å². The van der Waals surface area contributed by atoms with Crippen LogP contribution in [0.2, 0.25) is 5.22 Å². The fraction of sp³-hybridized carbons (Fsp3) is 0.481. The quantitative estimate of drug-likeness (QED) is 0.288. The predicted octanol–water partition coefficient (Wildman–Crippen LogP) is 2.82. The van der Waals surface area contributed by atoms with Gasteiger partial charge in [0.15, 0.2) is 5.69 Å². The molecule has 2 atom stereocenters. The standard InChI is InChI=1S/C25H28ClN5O7.C2H6/c26-20-13-19(30-38-20)24(35)29-18-6-3-11-31(25(18)36)14-21(32)28-16(12-15-9-10-27-23(15)34)7-8-22(33)37-17-4-1-2-5-17;1-2/h3,6-8,11,13,15-17H,1-2,4-5,9-10,12,14H2,(H,27,34)(H,28,32)(H,29,35);1-2H3/b8-7+;. The van der Waals surface area contributed by atoms with Crippen molar-refractivity contribution in [2.45, 2.75) is 71.1 Å². The second kappa shape index (κ2) is 15.0. The minimum Gasteiger partial charge on any atom is -0.459 e. The predicted molar refractivity (Wildman–Crippen MR) is 147 cm³/mol. The van der Waals surface area contributed by atoms with E-state index in [0.29, 0.717) is 13.0 Å². The van der Waals surface area contributed by atoms with E-state index in [-0.39, 0.29) is 47.5 Å². The number of hydrogen-bond donors (Lipinski definition) is 3. The Balaban J connectivity index is 0.00000216. The number of ether oxygens (including phenoxy) is 1. The first-order valence-corrected chi connectivity index (χ1v) is 13.7. The van der Waals surface area contributed by atoms with Gasteiger partial charge < -0.3 is 29.8 Å². The number of pyridine rings is 1. The number of nitrogens with zero attached hydrogens (tertiary/aromatic N) is 2. The van der Waals surface area contributed by atoms with E-state index >= 15 is 0 Å². The molecule has 1 aliphatic carbocycles. The van der Waals surface area contributed by atoms with Crippen molar-refractivity contribution in [1.82, 2.24) is 20.4 Å². The molecule has 1 saturated carbocycles. The van der Waals surface area contributed by atoms with Crippen LogP contribution >= 0.6 is 11.6 Å². The molecule has 0 aromatic carbocycles. The van der Waals surface area contributed by atoms with Crippen LogP contribution in [0.3, 0.4) is 0 Å². The highest BCUT2D eigenvalue weighted by Crippen LogP contribution is 2.21. The first-order chi connectivity index (χ1) is 19.3. The van der Waals surface area contributed by atoms with Crippen molar-refractivity contribution in [1.29, 1.82) is 0 Å². The summed E-state index contributed by atoms with van der Waals surface area (Å²) in [5.41, 5.74) is -0.800. The molecule has 2 unspecified atom stereocenters. The number of anilines is 1. The molecule has 2 aliphatic rings. The molecule has 0 spiro atoms. The number of carbonyl (C=O) groups excluding carboxylic acids is 4. The first kappa shape index (κ1) is 30.6. The highest BCUT2D eigenvalue weighted by atomic mass is 35.5. The number of halogens is 1. The third-order valence-electron chi connectivity index (χ3n) is 6.39. The SMILES string of the molecule is CC.O=C(Cn1cccc(NC(=O)c2cc(Cl)on2)c1=O)NC(/C=C/C(=O)OC1CCCC1)CC1CCNC1=O. The monoisotopic (exact) mass is 575 g/mol. The van der Waals surface area contributed by atoms with Crippen LogP contribution in [0.5, 0.6) is 0 Å². The van der Waals surface area contributed by atoms with Crippen LogP contribution in [-0.2, 0) is 25.7 Å². The first-order valence-electron chi connectivity index (χ1n) is 13.4. The average molecular weight is 576 g/mol. The van der Waals surface area contributed by atoms with E-state index in [4.69, 9.17) is 16.3 Å². The molecule has 13 heteroatoms. The van der Waals surface area contributed by atoms with Gasteiger partial charge >= 0.3 is 5.97 Å². The molecule has 3 heterocycles. The summed E-state index contributed by atoms with van der Waals surface area (Å²) in [6, 6.07) is 3.45. The van der Waals surface area contributed by atoms with Crippen LogP contribution in [0.1, 0.15) is 62.9 Å². The lowest BCUT2D eigenvalue weighted by atomic mass is 9.98. The Morgan fingerprint density at radius 1 is 1.25 bits per heavy atom. The molecule has 4 rings (SSSR count). The maximum atomic E-state index is 12.9. The van der Waals surface area contributed by atoms with Gasteiger partial charge in [0.25, 0.3) is 11.5 Å². The summed E-state index contributed by atoms with van der Waals surface area (Å²) in [7, 11) is 0. The van der Waals surface area contributed by atoms with Gasteiger partial charge in [0, 0.05) is 36.8 Å². The normalized spacial score (nSPS) is 17.6. The zero-order valence-electron chi connectivity index (χ0n) is 22.5. The summed E-state index contributed by atoms with van der Waals surface area (Å²) in [5, 5.41) is 11.4. The molecule has 12 nitrogen and oxygen atoms in total. The van der Waals surface area contributed by atoms with Crippen LogP contribution in [0.4, 0.5) is 5.69 Å². The van der Waals surface area contributed by atoms with Gasteiger partial charge in [0.1, 0.15) is 18.3 Å². The van der Waals surface area contributed by atoms with Gasteiger partial charge in [0.2, 0.25) is 17.0 Å². The molecule has 40 heavy (non-hydrogen) atoms. The fourth-order valence-corrected chi connectivity index (χ4v) is 4.61. The van der Waals surface area contributed by atoms with Crippen LogP contribution in [0.25, 0.3) is 0 Å². The van der Waals surface area contributed by atoms with Crippen molar-refractivity contribution in [3.63, 3.8) is 0 Å². The largest absolute Gasteiger partial charge is 0.459 e. The molecule has 0 radical (unpaired) electrons. The summed E-state index contributed by atoms with van der Waals surface area (Å²) in [4.78, 5) is 62.3. The zero-order chi connectivity index (χ0) is 29.1. The van der Waals surface area contributed by atoms with Gasteiger partial charge in [-0.1, -0.05) is 25.1 Å². The lowest BCUT2D eigenvalue weighted by molar-refractivity contribution is -0.142. The van der Waals surface area contributed by atoms with Crippen molar-refractivity contribution in [3.8, 4) is 0 Å². The van der Waals surface area contributed by atoms with E-state index in [0.717, 1.165) is 30.3 Å². The molecule has 2 aromatic heterocycles. The second-order valence-electron chi connectivity index (χ2n) is 9.21. The van der Waals surface area contributed by atoms with Crippen molar-refractivity contribution in [2.75, 3.05) is 11.9 Å². The number of rotatable bonds is 10. The number of aromatic nitrogens is 2. The van der Waals surface area contributed by atoms with Crippen LogP contribution in [0.15, 0.2) is 45.9 Å². The van der Waals surface area contributed by atoms with Gasteiger partial charge in [-0.3, -0.25) is 19.2 Å². The number of esters is 1. The minimum absolute atomic E-state index is 0.0712. The molecule has 216 valence electrons. The van der Waals surface area contributed by atoms with Gasteiger partial charge in [0.05, 0.1) is 0 Å². The Hall–Kier alpha value is -3.93. The Morgan fingerprint density at radius 3 is 2.65 bits per heavy atom. The Labute approximate surface area is 236 Å². The summed E-state index contributed by atoms with van der Waals surface area (Å²) in [6.07, 6.45) is 8.72. The molecule has 3 N–H and O–H groups in total. The number of carbonyl (C=O) groups is 4. The molecular formula is C27H34ClN5O7. The summed E-state index contributed by atoms with van der Waals surface area (Å²) in [5.74, 6) is -2.15. The van der Waals surface area contributed by atoms with E-state index in [1.807, 2.05) is 13.8 Å². The number of nitrogens with one attached hydrogen (secondary N) is 3. The molecule has 0 bridgehead atoms. The van der Waals surface area contributed by atoms with Gasteiger partial charge in [-0.25, -0.2) is 4.79 Å². The highest BCUT2D eigenvalue weighted by Gasteiger charge is 2.27. The molecule has 2 fully saturated rings. The second-order valence-corrected chi connectivity index (χ2v) is 9.59. The highest BCUT2D eigenvalue weighted by molar-refractivity contribution is 6.29. The van der Waals surface area contributed by atoms with Crippen molar-refractivity contribution < 1.29 is 28.4 Å². The topological polar surface area (TPSA) is 162 Å². The lowest BCUT2D eigenvalue weighted by Gasteiger charge is -2.18. The molecule has 2 aromatic rings. The summed E-state index contributed by atoms with van der Waals surface area (Å²) in [6.45, 7) is 4.19. The van der Waals surface area contributed by atoms with Gasteiger partial charge in [-0.05, 0) is 62.3 Å². The maximum Gasteiger partial charge on any atom is 0.330 e. The Kier molecular flexibility index (Phi) is 11.5. The zero-order valence-corrected chi connectivity index (χ0v) is 23.2. The lowest BCUT2D eigenvalue weighted by Crippen LogP contribution is -2.40. The summed E-state index contributed by atoms with van der Waals surface area (Å²) < 4.78 is 11.2. The minimum atomic E-state index is -0.704. The van der Waals surface area contributed by atoms with E-state index in [1.165, 1.54) is 36.5 Å². The van der Waals surface area contributed by atoms with Gasteiger partial charge in [-0.2, -0.15) is 0 Å². The third kappa shape index (κ3) is 8.80. The molecular weight excluding hydrogens is 542 g/mol. The fourth-order valence-electron chi connectivity index (χ4n) is 4.48. The molecule has 1 saturated heterocycles. The summed E-state index contributed by atoms with van der Waals surface area (Å²) >= 11 is 5.63. The van der Waals surface area contributed by atoms with Crippen molar-refractivity contribution in [2.24, 2.45) is 5.92 Å². The van der Waals surface area contributed by atoms with Gasteiger partial charge in [-0.15, -0.1) is 0 Å². The third-order valence-corrected chi connectivity index (χ3v) is 6.57. The van der Waals surface area contributed by atoms with E-state index in [1.54, 1.807) is 0 Å². The van der Waals surface area contributed by atoms with E-state index in [2.05, 4.69) is 25.6 Å². The molecule has 3 amide bonds. The van der Waals surface area contributed by atoms with Crippen LogP contribution in [0, 0.1) is 5.92 Å². The smallest absolute Gasteiger partial charge is 0.330 e. The Morgan fingerprint density at radius 2 is 2.00 bits per heavy atom. The van der Waals surface area contributed by atoms with Crippen LogP contribution in [-0.4, -0.2) is 52.1 Å². The molecule has 1 aliphatic heterocycles. The average Bonchev–Trinajstić information content (AvgIpc) is 3.70. The maximum absolute atomic E-state index is 12.9. The Bertz CT molecular complexity index is 1280. The van der Waals surface area contributed by atoms with E-state index < -0.39 is 29.4 Å². The van der Waals surface area contributed by atoms with E-state index in [9.17, 15) is 24.0 Å². The van der Waals surface area contributed by atoms with Crippen molar-refractivity contribution >= 4 is 41.0 Å². The number of hydrogen-bond acceptors (Lipinski definition) is 8.